The minimum absolute atomic E-state index is 0.240. The smallest absolute Gasteiger partial charge is 0.126 e. The van der Waals surface area contributed by atoms with Crippen molar-refractivity contribution in [2.75, 3.05) is 52.6 Å². The Balaban J connectivity index is 0.945. The molecule has 0 fully saturated rings. The van der Waals surface area contributed by atoms with Crippen molar-refractivity contribution in [1.82, 2.24) is 0 Å². The Labute approximate surface area is 740 Å². The summed E-state index contributed by atoms with van der Waals surface area (Å²) in [6.45, 7) is 56.1. The molecule has 4 N–H and O–H groups in total. The zero-order valence-corrected chi connectivity index (χ0v) is 78.7. The van der Waals surface area contributed by atoms with Crippen molar-refractivity contribution < 1.29 is 39.4 Å². The highest BCUT2D eigenvalue weighted by molar-refractivity contribution is 5.87. The third kappa shape index (κ3) is 21.8. The molecule has 2 aliphatic heterocycles. The second kappa shape index (κ2) is 35.7. The zero-order valence-electron chi connectivity index (χ0n) is 78.7. The van der Waals surface area contributed by atoms with Crippen LogP contribution in [0.1, 0.15) is 322 Å². The maximum absolute atomic E-state index is 13.1. The van der Waals surface area contributed by atoms with Crippen LogP contribution in [0.2, 0.25) is 0 Å². The predicted octanol–water partition coefficient (Wildman–Crippen LogP) is 24.5. The van der Waals surface area contributed by atoms with E-state index in [9.17, 15) is 20.4 Å². The number of aromatic hydroxyl groups is 4. The van der Waals surface area contributed by atoms with E-state index in [0.29, 0.717) is 77.5 Å². The van der Waals surface area contributed by atoms with Crippen LogP contribution in [0.15, 0.2) is 166 Å². The highest BCUT2D eigenvalue weighted by Crippen LogP contribution is 2.48. The molecule has 2 heterocycles. The Morgan fingerprint density at radius 2 is 0.339 bits per heavy atom. The lowest BCUT2D eigenvalue weighted by atomic mass is 9.79. The fraction of sp³-hybridized carbons (Fsp3) is 0.429. The summed E-state index contributed by atoms with van der Waals surface area (Å²) in [4.78, 5) is 20.1. The quantitative estimate of drug-likeness (QED) is 0.116. The summed E-state index contributed by atoms with van der Waals surface area (Å²) in [6.07, 6.45) is 10.6. The van der Waals surface area contributed by atoms with Crippen molar-refractivity contribution in [3.8, 4) is 46.0 Å². The molecule has 2 aliphatic carbocycles. The van der Waals surface area contributed by atoms with Gasteiger partial charge in [0.15, 0.2) is 0 Å². The van der Waals surface area contributed by atoms with E-state index in [2.05, 4.69) is 275 Å². The molecular weight excluding hydrogens is 1530 g/mol. The summed E-state index contributed by atoms with van der Waals surface area (Å²) in [7, 11) is 0. The van der Waals surface area contributed by atoms with Gasteiger partial charge in [-0.2, -0.15) is 0 Å². The average Bonchev–Trinajstić information content (AvgIpc) is 0.769. The maximum atomic E-state index is 13.1. The van der Waals surface area contributed by atoms with Gasteiger partial charge in [-0.05, 0) is 211 Å². The summed E-state index contributed by atoms with van der Waals surface area (Å²) in [5, 5.41) is 52.5. The summed E-state index contributed by atoms with van der Waals surface area (Å²) in [5.41, 5.74) is 24.2. The van der Waals surface area contributed by atoms with Crippen molar-refractivity contribution in [1.29, 1.82) is 0 Å². The van der Waals surface area contributed by atoms with E-state index in [0.717, 1.165) is 179 Å². The topological polar surface area (TPSA) is 167 Å². The molecule has 10 aromatic rings. The van der Waals surface area contributed by atoms with E-state index < -0.39 is 0 Å². The first-order valence-corrected chi connectivity index (χ1v) is 44.9. The minimum Gasteiger partial charge on any atom is -0.507 e. The summed E-state index contributed by atoms with van der Waals surface area (Å²) in [5.74, 6) is 3.83. The van der Waals surface area contributed by atoms with Crippen molar-refractivity contribution >= 4 is 24.9 Å². The number of rotatable bonds is 0. The van der Waals surface area contributed by atoms with Crippen molar-refractivity contribution in [3.63, 3.8) is 0 Å². The molecule has 0 saturated carbocycles. The van der Waals surface area contributed by atoms with Gasteiger partial charge in [-0.3, -0.25) is 20.0 Å². The normalized spacial score (nSPS) is 15.2. The van der Waals surface area contributed by atoms with Gasteiger partial charge < -0.3 is 39.4 Å². The number of hydrogen-bond acceptors (Lipinski definition) is 12. The van der Waals surface area contributed by atoms with Crippen LogP contribution in [0.3, 0.4) is 0 Å². The zero-order chi connectivity index (χ0) is 89.6. The molecule has 0 spiro atoms. The highest BCUT2D eigenvalue weighted by atomic mass is 16.5. The summed E-state index contributed by atoms with van der Waals surface area (Å²) >= 11 is 0. The van der Waals surface area contributed by atoms with Gasteiger partial charge in [-0.1, -0.05) is 300 Å². The van der Waals surface area contributed by atoms with Crippen LogP contribution in [-0.4, -0.2) is 97.9 Å². The molecule has 24 bridgehead atoms. The average molecular weight is 1670 g/mol. The Morgan fingerprint density at radius 3 is 0.476 bits per heavy atom. The molecule has 0 atom stereocenters. The second-order valence-electron chi connectivity index (χ2n) is 43.4. The molecular formula is C112H136N4O8. The summed E-state index contributed by atoms with van der Waals surface area (Å²) < 4.78 is 28.7. The maximum Gasteiger partial charge on any atom is 0.126 e. The Hall–Kier alpha value is -10.7. The molecule has 0 unspecified atom stereocenters. The minimum atomic E-state index is -0.283. The number of hydrogen-bond donors (Lipinski definition) is 4. The van der Waals surface area contributed by atoms with Crippen LogP contribution in [-0.2, 0) is 94.7 Å². The SMILES string of the molecule is CC(C)(C)c1cc2c(O)c(c1)Cc1cc(C(C)(C)C)cc3c1OCCN=Cc1cccc(c1)C=NCCOc1c4cc(C(C)(C)C)cc1Cc1cc(C(C)(C)C)cc(c1O)Cc1cc(C(C)(C)C)cc(c1OCCN=Cc1cccc(c1)C=NCCOc1c(cc(C(C)(C)C)cc1Cc1cc(C(C)(C)C)cc(c1O)C3)C2)Cc1cc(C(C)(C)C)cc(c1O)C4. The van der Waals surface area contributed by atoms with Crippen LogP contribution < -0.4 is 18.9 Å². The predicted molar refractivity (Wildman–Crippen MR) is 515 cm³/mol. The fourth-order valence-corrected chi connectivity index (χ4v) is 17.0. The van der Waals surface area contributed by atoms with Gasteiger partial charge in [0.1, 0.15) is 72.4 Å². The van der Waals surface area contributed by atoms with E-state index in [4.69, 9.17) is 38.9 Å². The number of aliphatic imine (C=N–C) groups is 4. The van der Waals surface area contributed by atoms with Crippen molar-refractivity contribution in [2.45, 2.75) is 261 Å². The molecule has 14 rings (SSSR count). The number of benzene rings is 10. The lowest BCUT2D eigenvalue weighted by Gasteiger charge is -2.28. The van der Waals surface area contributed by atoms with Crippen LogP contribution in [0.5, 0.6) is 46.0 Å². The fourth-order valence-electron chi connectivity index (χ4n) is 17.0. The van der Waals surface area contributed by atoms with Gasteiger partial charge in [0.2, 0.25) is 0 Å². The standard InChI is InChI=1S/C112H136N4O8/c1-105(2,3)89-49-73-41-81-57-93(109(13,14)15)59-83-43-75-51-90(106(4,5)6)52-76(98(75)118)44-84-60-94(110(16,17)18)58-82(42-74(50-89)97(73)117)102(84)122-36-32-114-66-70-28-26-30-72(40-70)68-116-34-38-124-104-86-46-78-54-91(107(7,8)9)53-77(99(78)119)45-85-61-95(111(19,20)21)63-87(103(85)123-37-33-115-67-71-29-25-27-69(39-71)65-113-31-35-121-101(81)83)47-79-55-92(108(10,11)12)56-80(100(79)120)48-88(104)64-96(62-86)112(22,23)24/h25-30,39-40,49-68,117-120H,31-38,41-48H2,1-24H3. The molecule has 0 amide bonds. The largest absolute Gasteiger partial charge is 0.507 e. The van der Waals surface area contributed by atoms with E-state index in [1.807, 2.05) is 61.3 Å². The van der Waals surface area contributed by atoms with Gasteiger partial charge in [-0.15, -0.1) is 0 Å². The van der Waals surface area contributed by atoms with Crippen LogP contribution in [0, 0.1) is 0 Å². The second-order valence-corrected chi connectivity index (χ2v) is 43.4. The molecule has 124 heavy (non-hydrogen) atoms. The molecule has 0 aromatic heterocycles. The van der Waals surface area contributed by atoms with Gasteiger partial charge in [0.25, 0.3) is 0 Å². The summed E-state index contributed by atoms with van der Waals surface area (Å²) in [6, 6.07) is 52.0. The third-order valence-corrected chi connectivity index (χ3v) is 24.7. The van der Waals surface area contributed by atoms with E-state index >= 15 is 0 Å². The molecule has 4 aliphatic rings. The van der Waals surface area contributed by atoms with E-state index in [-0.39, 0.29) is 92.7 Å². The Morgan fingerprint density at radius 1 is 0.202 bits per heavy atom. The molecule has 12 heteroatoms. The first-order chi connectivity index (χ1) is 58.1. The molecule has 0 saturated heterocycles. The molecule has 0 radical (unpaired) electrons. The Kier molecular flexibility index (Phi) is 26.2. The molecule has 10 aromatic carbocycles. The van der Waals surface area contributed by atoms with Crippen molar-refractivity contribution in [3.05, 3.63) is 301 Å². The number of phenolic OH excluding ortho intramolecular Hbond substituents is 4. The number of phenols is 4. The van der Waals surface area contributed by atoms with Gasteiger partial charge in [-0.25, -0.2) is 0 Å². The molecule has 652 valence electrons. The first kappa shape index (κ1) is 91.0. The van der Waals surface area contributed by atoms with Crippen LogP contribution >= 0.6 is 0 Å². The van der Waals surface area contributed by atoms with Gasteiger partial charge >= 0.3 is 0 Å². The monoisotopic (exact) mass is 1670 g/mol. The van der Waals surface area contributed by atoms with E-state index in [1.54, 1.807) is 0 Å². The van der Waals surface area contributed by atoms with Gasteiger partial charge in [0.05, 0.1) is 26.2 Å². The highest BCUT2D eigenvalue weighted by Gasteiger charge is 2.33. The number of nitrogens with zero attached hydrogens (tertiary/aromatic N) is 4. The third-order valence-electron chi connectivity index (χ3n) is 24.7. The lowest BCUT2D eigenvalue weighted by Crippen LogP contribution is -2.17. The Bertz CT molecular complexity index is 4880. The van der Waals surface area contributed by atoms with Gasteiger partial charge in [0, 0.05) is 76.2 Å². The number of fused-ring (bicyclic) bond motifs is 14. The molecule has 12 nitrogen and oxygen atoms in total. The van der Waals surface area contributed by atoms with Crippen LogP contribution in [0.4, 0.5) is 0 Å². The van der Waals surface area contributed by atoms with Crippen molar-refractivity contribution in [2.24, 2.45) is 20.0 Å². The van der Waals surface area contributed by atoms with Crippen LogP contribution in [0.25, 0.3) is 0 Å². The lowest BCUT2D eigenvalue weighted by molar-refractivity contribution is 0.322. The number of ether oxygens (including phenoxy) is 4. The first-order valence-electron chi connectivity index (χ1n) is 44.9. The van der Waals surface area contributed by atoms with E-state index in [1.165, 1.54) is 0 Å².